The van der Waals surface area contributed by atoms with Gasteiger partial charge in [-0.3, -0.25) is 19.2 Å². The molecule has 12 heteroatoms. The number of nitrogens with two attached hydrogens (primary N) is 2. The smallest absolute Gasteiger partial charge is 0.326 e. The van der Waals surface area contributed by atoms with Gasteiger partial charge in [0.25, 0.3) is 0 Å². The Kier molecular flexibility index (Phi) is 9.09. The molecule has 0 aromatic heterocycles. The van der Waals surface area contributed by atoms with Crippen molar-refractivity contribution in [1.82, 2.24) is 10.6 Å². The van der Waals surface area contributed by atoms with Crippen molar-refractivity contribution in [3.63, 3.8) is 0 Å². The van der Waals surface area contributed by atoms with Crippen LogP contribution in [0.1, 0.15) is 26.2 Å². The third-order valence-electron chi connectivity index (χ3n) is 3.13. The van der Waals surface area contributed by atoms with E-state index in [4.69, 9.17) is 21.7 Å². The Labute approximate surface area is 142 Å². The second-order valence-electron chi connectivity index (χ2n) is 5.33. The monoisotopic (exact) mass is 362 g/mol. The lowest BCUT2D eigenvalue weighted by Crippen LogP contribution is -2.56. The number of amides is 3. The Balaban J connectivity index is 5.08. The van der Waals surface area contributed by atoms with Crippen molar-refractivity contribution in [3.05, 3.63) is 0 Å². The molecule has 12 nitrogen and oxygen atoms in total. The molecule has 0 aliphatic heterocycles. The number of nitrogens with one attached hydrogen (secondary N) is 2. The summed E-state index contributed by atoms with van der Waals surface area (Å²) in [6.07, 6.45) is -2.72. The quantitative estimate of drug-likeness (QED) is 0.193. The van der Waals surface area contributed by atoms with Gasteiger partial charge in [0, 0.05) is 6.42 Å². The summed E-state index contributed by atoms with van der Waals surface area (Å²) in [5.74, 6) is -5.75. The molecule has 0 fully saturated rings. The van der Waals surface area contributed by atoms with Gasteiger partial charge in [0.15, 0.2) is 0 Å². The zero-order chi connectivity index (χ0) is 19.7. The first kappa shape index (κ1) is 22.3. The van der Waals surface area contributed by atoms with E-state index in [1.807, 2.05) is 10.6 Å². The third kappa shape index (κ3) is 8.62. The lowest BCUT2D eigenvalue weighted by molar-refractivity contribution is -0.143. The van der Waals surface area contributed by atoms with Crippen molar-refractivity contribution < 1.29 is 39.3 Å². The molecule has 0 saturated carbocycles. The Bertz CT molecular complexity index is 536. The molecule has 0 aromatic carbocycles. The van der Waals surface area contributed by atoms with Gasteiger partial charge in [-0.25, -0.2) is 4.79 Å². The highest BCUT2D eigenvalue weighted by Gasteiger charge is 2.30. The van der Waals surface area contributed by atoms with Crippen LogP contribution >= 0.6 is 0 Å². The molecule has 0 unspecified atom stereocenters. The van der Waals surface area contributed by atoms with Crippen LogP contribution in [0.2, 0.25) is 0 Å². The Morgan fingerprint density at radius 3 is 1.92 bits per heavy atom. The van der Waals surface area contributed by atoms with E-state index in [2.05, 4.69) is 0 Å². The summed E-state index contributed by atoms with van der Waals surface area (Å²) in [6, 6.07) is -4.53. The zero-order valence-corrected chi connectivity index (χ0v) is 13.5. The van der Waals surface area contributed by atoms with E-state index in [9.17, 15) is 29.1 Å². The molecule has 9 N–H and O–H groups in total. The number of carboxylic acid groups (broad SMARTS) is 2. The summed E-state index contributed by atoms with van der Waals surface area (Å²) >= 11 is 0. The van der Waals surface area contributed by atoms with Crippen LogP contribution in [0.25, 0.3) is 0 Å². The van der Waals surface area contributed by atoms with E-state index in [1.54, 1.807) is 0 Å². The molecular weight excluding hydrogens is 340 g/mol. The number of hydrogen-bond donors (Lipinski definition) is 7. The number of carboxylic acids is 2. The molecule has 0 heterocycles. The predicted octanol–water partition coefficient (Wildman–Crippen LogP) is -3.51. The minimum absolute atomic E-state index is 0.308. The van der Waals surface area contributed by atoms with Crippen LogP contribution in [0.3, 0.4) is 0 Å². The average molecular weight is 362 g/mol. The Morgan fingerprint density at radius 1 is 1.00 bits per heavy atom. The summed E-state index contributed by atoms with van der Waals surface area (Å²) < 4.78 is 0. The molecule has 0 radical (unpaired) electrons. The molecule has 4 atom stereocenters. The van der Waals surface area contributed by atoms with Crippen molar-refractivity contribution in [2.45, 2.75) is 50.4 Å². The molecule has 0 spiro atoms. The SMILES string of the molecule is C[C@@H](O)[C@H](N)C(=O)N[C@@H](CC(=O)O)C(=O)N[C@@H](CCC(N)=O)C(=O)O. The van der Waals surface area contributed by atoms with Crippen LogP contribution < -0.4 is 22.1 Å². The molecular formula is C13H22N4O8. The zero-order valence-electron chi connectivity index (χ0n) is 13.5. The molecule has 0 aliphatic rings. The van der Waals surface area contributed by atoms with E-state index in [1.165, 1.54) is 6.92 Å². The number of aliphatic hydroxyl groups excluding tert-OH is 1. The van der Waals surface area contributed by atoms with E-state index < -0.39 is 60.3 Å². The van der Waals surface area contributed by atoms with Crippen molar-refractivity contribution in [3.8, 4) is 0 Å². The average Bonchev–Trinajstić information content (AvgIpc) is 2.48. The van der Waals surface area contributed by atoms with Gasteiger partial charge >= 0.3 is 11.9 Å². The number of rotatable bonds is 11. The molecule has 0 bridgehead atoms. The molecule has 0 saturated heterocycles. The van der Waals surface area contributed by atoms with Crippen LogP contribution in [-0.2, 0) is 24.0 Å². The van der Waals surface area contributed by atoms with Gasteiger partial charge in [-0.1, -0.05) is 0 Å². The van der Waals surface area contributed by atoms with E-state index in [-0.39, 0.29) is 12.8 Å². The number of primary amides is 1. The fourth-order valence-electron chi connectivity index (χ4n) is 1.69. The van der Waals surface area contributed by atoms with Crippen LogP contribution in [-0.4, -0.2) is 69.2 Å². The largest absolute Gasteiger partial charge is 0.481 e. The summed E-state index contributed by atoms with van der Waals surface area (Å²) in [5, 5.41) is 31.1. The van der Waals surface area contributed by atoms with Crippen molar-refractivity contribution in [1.29, 1.82) is 0 Å². The van der Waals surface area contributed by atoms with E-state index in [0.29, 0.717) is 0 Å². The second kappa shape index (κ2) is 10.2. The highest BCUT2D eigenvalue weighted by Crippen LogP contribution is 2.01. The highest BCUT2D eigenvalue weighted by molar-refractivity contribution is 5.94. The standard InChI is InChI=1S/C13H22N4O8/c1-5(18)10(15)12(23)17-7(4-9(20)21)11(22)16-6(13(24)25)2-3-8(14)19/h5-7,10,18H,2-4,15H2,1H3,(H2,14,19)(H,16,22)(H,17,23)(H,20,21)(H,24,25)/t5-,6+,7+,10+/m1/s1. The lowest BCUT2D eigenvalue weighted by atomic mass is 10.1. The van der Waals surface area contributed by atoms with E-state index in [0.717, 1.165) is 0 Å². The van der Waals surface area contributed by atoms with Gasteiger partial charge in [-0.15, -0.1) is 0 Å². The molecule has 142 valence electrons. The Hall–Kier alpha value is -2.73. The second-order valence-corrected chi connectivity index (χ2v) is 5.33. The van der Waals surface area contributed by atoms with Gasteiger partial charge < -0.3 is 37.4 Å². The maximum Gasteiger partial charge on any atom is 0.326 e. The first-order valence-corrected chi connectivity index (χ1v) is 7.23. The summed E-state index contributed by atoms with van der Waals surface area (Å²) in [4.78, 5) is 56.5. The predicted molar refractivity (Wildman–Crippen MR) is 81.8 cm³/mol. The van der Waals surface area contributed by atoms with Gasteiger partial charge in [0.2, 0.25) is 17.7 Å². The first-order valence-electron chi connectivity index (χ1n) is 7.23. The minimum Gasteiger partial charge on any atom is -0.481 e. The fraction of sp³-hybridized carbons (Fsp3) is 0.615. The van der Waals surface area contributed by atoms with Crippen LogP contribution in [0.4, 0.5) is 0 Å². The van der Waals surface area contributed by atoms with Crippen LogP contribution in [0.5, 0.6) is 0 Å². The van der Waals surface area contributed by atoms with Crippen molar-refractivity contribution >= 4 is 29.7 Å². The minimum atomic E-state index is -1.62. The number of carbonyl (C=O) groups is 5. The highest BCUT2D eigenvalue weighted by atomic mass is 16.4. The van der Waals surface area contributed by atoms with E-state index >= 15 is 0 Å². The summed E-state index contributed by atoms with van der Waals surface area (Å²) in [5.41, 5.74) is 10.3. The summed E-state index contributed by atoms with van der Waals surface area (Å²) in [7, 11) is 0. The number of aliphatic carboxylic acids is 2. The Morgan fingerprint density at radius 2 is 1.52 bits per heavy atom. The molecule has 0 rings (SSSR count). The van der Waals surface area contributed by atoms with Crippen LogP contribution in [0, 0.1) is 0 Å². The van der Waals surface area contributed by atoms with Crippen LogP contribution in [0.15, 0.2) is 0 Å². The normalized spacial score (nSPS) is 15.3. The lowest BCUT2D eigenvalue weighted by Gasteiger charge is -2.22. The molecule has 0 aliphatic carbocycles. The maximum atomic E-state index is 12.1. The summed E-state index contributed by atoms with van der Waals surface area (Å²) in [6.45, 7) is 1.22. The number of hydrogen-bond acceptors (Lipinski definition) is 7. The first-order chi connectivity index (χ1) is 11.5. The molecule has 3 amide bonds. The van der Waals surface area contributed by atoms with Gasteiger partial charge in [-0.05, 0) is 13.3 Å². The molecule has 0 aromatic rings. The van der Waals surface area contributed by atoms with Gasteiger partial charge in [0.05, 0.1) is 12.5 Å². The van der Waals surface area contributed by atoms with Gasteiger partial charge in [-0.2, -0.15) is 0 Å². The number of aliphatic hydroxyl groups is 1. The number of carbonyl (C=O) groups excluding carboxylic acids is 3. The fourth-order valence-corrected chi connectivity index (χ4v) is 1.69. The van der Waals surface area contributed by atoms with Crippen molar-refractivity contribution in [2.75, 3.05) is 0 Å². The third-order valence-corrected chi connectivity index (χ3v) is 3.13. The van der Waals surface area contributed by atoms with Gasteiger partial charge in [0.1, 0.15) is 18.1 Å². The topological polar surface area (TPSA) is 222 Å². The molecule has 25 heavy (non-hydrogen) atoms. The van der Waals surface area contributed by atoms with Crippen molar-refractivity contribution in [2.24, 2.45) is 11.5 Å². The maximum absolute atomic E-state index is 12.1.